The van der Waals surface area contributed by atoms with Crippen LogP contribution in [0.1, 0.15) is 11.3 Å². The highest BCUT2D eigenvalue weighted by Crippen LogP contribution is 2.38. The molecule has 0 amide bonds. The number of alkyl halides is 6. The van der Waals surface area contributed by atoms with Gasteiger partial charge in [-0.25, -0.2) is 19.9 Å². The zero-order valence-corrected chi connectivity index (χ0v) is 15.9. The molecule has 0 unspecified atom stereocenters. The van der Waals surface area contributed by atoms with Crippen molar-refractivity contribution in [1.82, 2.24) is 19.9 Å². The molecule has 0 atom stereocenters. The van der Waals surface area contributed by atoms with Crippen molar-refractivity contribution < 1.29 is 26.3 Å². The van der Waals surface area contributed by atoms with E-state index in [1.165, 1.54) is 30.6 Å². The summed E-state index contributed by atoms with van der Waals surface area (Å²) in [7, 11) is 0. The number of hydrogen-bond donors (Lipinski definition) is 2. The van der Waals surface area contributed by atoms with Gasteiger partial charge in [-0.3, -0.25) is 0 Å². The molecule has 13 heteroatoms. The Morgan fingerprint density at radius 1 is 0.806 bits per heavy atom. The van der Waals surface area contributed by atoms with Crippen molar-refractivity contribution in [3.63, 3.8) is 0 Å². The molecule has 31 heavy (non-hydrogen) atoms. The predicted molar refractivity (Wildman–Crippen MR) is 102 cm³/mol. The molecule has 4 aromatic rings. The fraction of sp³-hybridized carbons (Fsp3) is 0.111. The summed E-state index contributed by atoms with van der Waals surface area (Å²) < 4.78 is 77.5. The molecule has 4 rings (SSSR count). The normalized spacial score (nSPS) is 12.2. The molecule has 0 aliphatic rings. The smallest absolute Gasteiger partial charge is 0.337 e. The molecule has 160 valence electrons. The first-order valence-corrected chi connectivity index (χ1v) is 9.28. The van der Waals surface area contributed by atoms with Crippen LogP contribution in [0.2, 0.25) is 0 Å². The van der Waals surface area contributed by atoms with Gasteiger partial charge in [0.25, 0.3) is 0 Å². The monoisotopic (exact) mass is 456 g/mol. The van der Waals surface area contributed by atoms with Crippen molar-refractivity contribution in [2.24, 2.45) is 0 Å². The van der Waals surface area contributed by atoms with Gasteiger partial charge in [-0.1, -0.05) is 23.5 Å². The fourth-order valence-electron chi connectivity index (χ4n) is 2.63. The van der Waals surface area contributed by atoms with Crippen LogP contribution in [0.4, 0.5) is 48.7 Å². The van der Waals surface area contributed by atoms with Crippen molar-refractivity contribution in [3.8, 4) is 0 Å². The molecular weight excluding hydrogens is 446 g/mol. The maximum absolute atomic E-state index is 13.2. The molecule has 0 saturated heterocycles. The zero-order chi connectivity index (χ0) is 22.2. The summed E-state index contributed by atoms with van der Waals surface area (Å²) in [5, 5.41) is 5.57. The number of anilines is 4. The van der Waals surface area contributed by atoms with Crippen LogP contribution in [0, 0.1) is 0 Å². The lowest BCUT2D eigenvalue weighted by atomic mass is 10.2. The Morgan fingerprint density at radius 3 is 2.26 bits per heavy atom. The second kappa shape index (κ2) is 7.65. The van der Waals surface area contributed by atoms with Crippen LogP contribution in [0.25, 0.3) is 10.3 Å². The van der Waals surface area contributed by atoms with Crippen LogP contribution in [-0.2, 0) is 12.4 Å². The molecule has 0 aliphatic carbocycles. The van der Waals surface area contributed by atoms with Gasteiger partial charge in [0.1, 0.15) is 17.5 Å². The van der Waals surface area contributed by atoms with E-state index in [1.54, 1.807) is 0 Å². The first kappa shape index (κ1) is 20.8. The van der Waals surface area contributed by atoms with E-state index < -0.39 is 23.6 Å². The van der Waals surface area contributed by atoms with Crippen molar-refractivity contribution in [1.29, 1.82) is 0 Å². The Hall–Kier alpha value is -3.48. The molecule has 0 bridgehead atoms. The van der Waals surface area contributed by atoms with E-state index in [-0.39, 0.29) is 27.8 Å². The predicted octanol–water partition coefficient (Wildman–Crippen LogP) is 6.01. The molecule has 2 N–H and O–H groups in total. The number of thiazole rings is 1. The van der Waals surface area contributed by atoms with E-state index in [0.29, 0.717) is 4.83 Å². The highest BCUT2D eigenvalue weighted by Gasteiger charge is 2.33. The van der Waals surface area contributed by atoms with Gasteiger partial charge in [-0.05, 0) is 24.3 Å². The van der Waals surface area contributed by atoms with E-state index in [2.05, 4.69) is 30.6 Å². The summed E-state index contributed by atoms with van der Waals surface area (Å²) in [6, 6.07) is 6.93. The lowest BCUT2D eigenvalue weighted by molar-refractivity contribution is -0.141. The van der Waals surface area contributed by atoms with Gasteiger partial charge in [0.15, 0.2) is 15.8 Å². The minimum Gasteiger partial charge on any atom is -0.337 e. The third kappa shape index (κ3) is 4.50. The summed E-state index contributed by atoms with van der Waals surface area (Å²) in [4.78, 5) is 16.0. The number of aromatic nitrogens is 4. The first-order valence-electron chi connectivity index (χ1n) is 8.46. The third-order valence-corrected chi connectivity index (χ3v) is 4.86. The van der Waals surface area contributed by atoms with Gasteiger partial charge in [0.05, 0.1) is 23.1 Å². The quantitative estimate of drug-likeness (QED) is 0.367. The molecule has 1 aromatic carbocycles. The standard InChI is InChI=1S/C18H10F6N6S/c19-17(20,21)10-3-1-2-4-11(10)29-16-30-13-14(26-8-27-15(13)31-16)28-9-5-6-12(25-7-9)18(22,23)24/h1-8H,(H,29,30)(H,26,27,28). The highest BCUT2D eigenvalue weighted by molar-refractivity contribution is 7.21. The lowest BCUT2D eigenvalue weighted by Gasteiger charge is -2.12. The SMILES string of the molecule is FC(F)(F)c1ccc(Nc2ncnc3sc(Nc4ccccc4C(F)(F)F)nc23)cn1. The number of hydrogen-bond acceptors (Lipinski definition) is 7. The largest absolute Gasteiger partial charge is 0.433 e. The van der Waals surface area contributed by atoms with Crippen molar-refractivity contribution in [2.45, 2.75) is 12.4 Å². The summed E-state index contributed by atoms with van der Waals surface area (Å²) in [5.41, 5.74) is -1.62. The Bertz CT molecular complexity index is 1220. The number of nitrogens with one attached hydrogen (secondary N) is 2. The summed E-state index contributed by atoms with van der Waals surface area (Å²) in [5.74, 6) is 0.167. The van der Waals surface area contributed by atoms with Gasteiger partial charge in [-0.15, -0.1) is 0 Å². The number of pyridine rings is 1. The lowest BCUT2D eigenvalue weighted by Crippen LogP contribution is -2.08. The molecule has 3 heterocycles. The van der Waals surface area contributed by atoms with Crippen LogP contribution >= 0.6 is 11.3 Å². The molecule has 0 spiro atoms. The fourth-order valence-corrected chi connectivity index (χ4v) is 3.45. The van der Waals surface area contributed by atoms with Crippen LogP contribution < -0.4 is 10.6 Å². The van der Waals surface area contributed by atoms with E-state index in [4.69, 9.17) is 0 Å². The van der Waals surface area contributed by atoms with Gasteiger partial charge >= 0.3 is 12.4 Å². The second-order valence-electron chi connectivity index (χ2n) is 6.12. The average Bonchev–Trinajstić information content (AvgIpc) is 3.11. The topological polar surface area (TPSA) is 75.6 Å². The minimum absolute atomic E-state index is 0.140. The first-order chi connectivity index (χ1) is 14.6. The van der Waals surface area contributed by atoms with E-state index >= 15 is 0 Å². The third-order valence-electron chi connectivity index (χ3n) is 3.99. The Kier molecular flexibility index (Phi) is 5.13. The van der Waals surface area contributed by atoms with Crippen molar-refractivity contribution in [2.75, 3.05) is 10.6 Å². The van der Waals surface area contributed by atoms with Crippen LogP contribution in [0.15, 0.2) is 48.9 Å². The minimum atomic E-state index is -4.57. The zero-order valence-electron chi connectivity index (χ0n) is 15.1. The van der Waals surface area contributed by atoms with Gasteiger partial charge in [0, 0.05) is 0 Å². The van der Waals surface area contributed by atoms with Crippen molar-refractivity contribution in [3.05, 3.63) is 60.2 Å². The summed E-state index contributed by atoms with van der Waals surface area (Å²) >= 11 is 0.997. The number of halogens is 6. The average molecular weight is 456 g/mol. The van der Waals surface area contributed by atoms with E-state index in [0.717, 1.165) is 29.7 Å². The Labute approximate surface area is 174 Å². The van der Waals surface area contributed by atoms with E-state index in [9.17, 15) is 26.3 Å². The summed E-state index contributed by atoms with van der Waals surface area (Å²) in [6.07, 6.45) is -6.93. The Morgan fingerprint density at radius 2 is 1.58 bits per heavy atom. The van der Waals surface area contributed by atoms with Gasteiger partial charge in [-0.2, -0.15) is 26.3 Å². The molecule has 3 aromatic heterocycles. The van der Waals surface area contributed by atoms with Crippen LogP contribution in [0.5, 0.6) is 0 Å². The number of para-hydroxylation sites is 1. The van der Waals surface area contributed by atoms with E-state index in [1.807, 2.05) is 0 Å². The highest BCUT2D eigenvalue weighted by atomic mass is 32.1. The summed E-state index contributed by atoms with van der Waals surface area (Å²) in [6.45, 7) is 0. The van der Waals surface area contributed by atoms with Gasteiger partial charge in [0.2, 0.25) is 0 Å². The second-order valence-corrected chi connectivity index (χ2v) is 7.10. The van der Waals surface area contributed by atoms with Gasteiger partial charge < -0.3 is 10.6 Å². The maximum Gasteiger partial charge on any atom is 0.433 e. The molecule has 0 fully saturated rings. The maximum atomic E-state index is 13.2. The van der Waals surface area contributed by atoms with Crippen LogP contribution in [0.3, 0.4) is 0 Å². The number of nitrogens with zero attached hydrogens (tertiary/aromatic N) is 4. The molecule has 0 aliphatic heterocycles. The molecule has 6 nitrogen and oxygen atoms in total. The molecular formula is C18H10F6N6S. The number of benzene rings is 1. The number of rotatable bonds is 4. The number of fused-ring (bicyclic) bond motifs is 1. The Balaban J connectivity index is 1.63. The van der Waals surface area contributed by atoms with Crippen LogP contribution in [-0.4, -0.2) is 19.9 Å². The molecule has 0 radical (unpaired) electrons. The molecule has 0 saturated carbocycles. The van der Waals surface area contributed by atoms with Crippen molar-refractivity contribution >= 4 is 44.0 Å².